The van der Waals surface area contributed by atoms with Gasteiger partial charge < -0.3 is 14.3 Å². The van der Waals surface area contributed by atoms with Gasteiger partial charge in [-0.3, -0.25) is 0 Å². The van der Waals surface area contributed by atoms with Crippen LogP contribution >= 0.6 is 0 Å². The second-order valence-corrected chi connectivity index (χ2v) is 5.23. The maximum absolute atomic E-state index is 11.2. The van der Waals surface area contributed by atoms with Crippen LogP contribution in [0.5, 0.6) is 5.75 Å². The number of rotatable bonds is 3. The fraction of sp³-hybridized carbons (Fsp3) is 0.333. The average Bonchev–Trinajstić information content (AvgIpc) is 3.02. The maximum Gasteiger partial charge on any atom is 0.373 e. The second-order valence-electron chi connectivity index (χ2n) is 5.23. The van der Waals surface area contributed by atoms with E-state index in [4.69, 9.17) is 9.15 Å². The summed E-state index contributed by atoms with van der Waals surface area (Å²) < 4.78 is 10.9. The van der Waals surface area contributed by atoms with Crippen molar-refractivity contribution >= 4 is 5.97 Å². The lowest BCUT2D eigenvalue weighted by Gasteiger charge is -2.00. The number of carboxylic acids is 1. The van der Waals surface area contributed by atoms with Crippen molar-refractivity contribution < 1.29 is 19.1 Å². The van der Waals surface area contributed by atoms with Crippen LogP contribution in [0.4, 0.5) is 0 Å². The normalized spacial score (nSPS) is 16.8. The molecule has 1 fully saturated rings. The van der Waals surface area contributed by atoms with Crippen molar-refractivity contribution in [3.63, 3.8) is 0 Å². The quantitative estimate of drug-likeness (QED) is 0.929. The Kier molecular flexibility index (Phi) is 2.36. The molecule has 0 saturated heterocycles. The van der Waals surface area contributed by atoms with Gasteiger partial charge in [0.15, 0.2) is 0 Å². The third kappa shape index (κ3) is 1.78. The van der Waals surface area contributed by atoms with Crippen LogP contribution in [0, 0.1) is 0 Å². The van der Waals surface area contributed by atoms with E-state index >= 15 is 0 Å². The first-order chi connectivity index (χ1) is 9.72. The summed E-state index contributed by atoms with van der Waals surface area (Å²) in [7, 11) is 0. The Bertz CT molecular complexity index is 700. The molecule has 1 aromatic heterocycles. The third-order valence-corrected chi connectivity index (χ3v) is 3.75. The van der Waals surface area contributed by atoms with E-state index < -0.39 is 5.97 Å². The molecule has 0 bridgehead atoms. The summed E-state index contributed by atoms with van der Waals surface area (Å²) in [4.78, 5) is 15.6. The van der Waals surface area contributed by atoms with Crippen molar-refractivity contribution in [2.24, 2.45) is 0 Å². The molecule has 2 heterocycles. The van der Waals surface area contributed by atoms with Crippen LogP contribution in [-0.2, 0) is 6.42 Å². The first-order valence-electron chi connectivity index (χ1n) is 6.72. The van der Waals surface area contributed by atoms with E-state index in [1.165, 1.54) is 0 Å². The third-order valence-electron chi connectivity index (χ3n) is 3.75. The van der Waals surface area contributed by atoms with Gasteiger partial charge in [-0.25, -0.2) is 9.78 Å². The van der Waals surface area contributed by atoms with Gasteiger partial charge in [0, 0.05) is 17.9 Å². The van der Waals surface area contributed by atoms with Gasteiger partial charge in [0.25, 0.3) is 0 Å². The highest BCUT2D eigenvalue weighted by Gasteiger charge is 2.33. The lowest BCUT2D eigenvalue weighted by atomic mass is 10.1. The molecular formula is C15H13NO4. The minimum Gasteiger partial charge on any atom is -0.493 e. The number of fused-ring (bicyclic) bond motifs is 1. The fourth-order valence-electron chi connectivity index (χ4n) is 2.56. The first-order valence-corrected chi connectivity index (χ1v) is 6.72. The molecule has 5 nitrogen and oxygen atoms in total. The molecule has 1 aliphatic carbocycles. The van der Waals surface area contributed by atoms with Gasteiger partial charge >= 0.3 is 5.97 Å². The van der Waals surface area contributed by atoms with Gasteiger partial charge in [-0.1, -0.05) is 0 Å². The summed E-state index contributed by atoms with van der Waals surface area (Å²) in [6.07, 6.45) is 2.85. The first kappa shape index (κ1) is 11.5. The molecule has 2 aromatic rings. The van der Waals surface area contributed by atoms with E-state index in [1.807, 2.05) is 18.2 Å². The molecule has 0 spiro atoms. The van der Waals surface area contributed by atoms with Gasteiger partial charge in [-0.15, -0.1) is 0 Å². The summed E-state index contributed by atoms with van der Waals surface area (Å²) in [6.45, 7) is 0.693. The molecule has 1 aliphatic heterocycles. The Labute approximate surface area is 115 Å². The number of aromatic carboxylic acids is 1. The van der Waals surface area contributed by atoms with Gasteiger partial charge in [0.1, 0.15) is 5.75 Å². The fourth-order valence-corrected chi connectivity index (χ4v) is 2.56. The monoisotopic (exact) mass is 271 g/mol. The molecule has 102 valence electrons. The summed E-state index contributed by atoms with van der Waals surface area (Å²) in [5.41, 5.74) is 2.51. The Balaban J connectivity index is 1.78. The number of hydrogen-bond acceptors (Lipinski definition) is 4. The lowest BCUT2D eigenvalue weighted by Crippen LogP contribution is -1.98. The molecule has 0 amide bonds. The molecule has 4 rings (SSSR count). The van der Waals surface area contributed by atoms with Crippen molar-refractivity contribution in [3.05, 3.63) is 35.2 Å². The Morgan fingerprint density at radius 1 is 1.35 bits per heavy atom. The van der Waals surface area contributed by atoms with Crippen molar-refractivity contribution in [2.75, 3.05) is 6.61 Å². The van der Waals surface area contributed by atoms with Crippen LogP contribution in [0.2, 0.25) is 0 Å². The molecule has 0 radical (unpaired) electrons. The number of carbonyl (C=O) groups is 1. The summed E-state index contributed by atoms with van der Waals surface area (Å²) >= 11 is 0. The van der Waals surface area contributed by atoms with Crippen molar-refractivity contribution in [1.82, 2.24) is 4.98 Å². The lowest BCUT2D eigenvalue weighted by molar-refractivity contribution is 0.0661. The van der Waals surface area contributed by atoms with Crippen molar-refractivity contribution in [2.45, 2.75) is 25.2 Å². The van der Waals surface area contributed by atoms with Crippen molar-refractivity contribution in [1.29, 1.82) is 0 Å². The molecule has 20 heavy (non-hydrogen) atoms. The van der Waals surface area contributed by atoms with Gasteiger partial charge in [-0.05, 0) is 36.6 Å². The minimum atomic E-state index is -1.05. The number of oxazole rings is 1. The van der Waals surface area contributed by atoms with Gasteiger partial charge in [0.05, 0.1) is 12.3 Å². The zero-order chi connectivity index (χ0) is 13.7. The molecular weight excluding hydrogens is 258 g/mol. The van der Waals surface area contributed by atoms with E-state index in [-0.39, 0.29) is 11.7 Å². The summed E-state index contributed by atoms with van der Waals surface area (Å²) in [5.74, 6) is 0.464. The predicted octanol–water partition coefficient (Wildman–Crippen LogP) is 2.85. The van der Waals surface area contributed by atoms with Crippen LogP contribution < -0.4 is 4.74 Å². The van der Waals surface area contributed by atoms with Crippen LogP contribution in [0.3, 0.4) is 0 Å². The smallest absolute Gasteiger partial charge is 0.373 e. The van der Waals surface area contributed by atoms with Gasteiger partial charge in [-0.2, -0.15) is 0 Å². The predicted molar refractivity (Wildman–Crippen MR) is 70.1 cm³/mol. The molecule has 1 aromatic carbocycles. The minimum absolute atomic E-state index is 0.0146. The highest BCUT2D eigenvalue weighted by Crippen LogP contribution is 2.42. The van der Waals surface area contributed by atoms with Crippen LogP contribution in [0.25, 0.3) is 11.5 Å². The van der Waals surface area contributed by atoms with Crippen molar-refractivity contribution in [3.8, 4) is 17.2 Å². The topological polar surface area (TPSA) is 72.6 Å². The van der Waals surface area contributed by atoms with E-state index in [1.54, 1.807) is 0 Å². The zero-order valence-electron chi connectivity index (χ0n) is 10.8. The zero-order valence-corrected chi connectivity index (χ0v) is 10.8. The second kappa shape index (κ2) is 4.10. The molecule has 0 unspecified atom stereocenters. The maximum atomic E-state index is 11.2. The highest BCUT2D eigenvalue weighted by molar-refractivity contribution is 5.86. The van der Waals surface area contributed by atoms with Crippen LogP contribution in [-0.4, -0.2) is 22.7 Å². The van der Waals surface area contributed by atoms with Gasteiger partial charge in [0.2, 0.25) is 11.7 Å². The summed E-state index contributed by atoms with van der Waals surface area (Å²) in [6, 6.07) is 5.72. The number of nitrogens with zero attached hydrogens (tertiary/aromatic N) is 1. The van der Waals surface area contributed by atoms with E-state index in [0.717, 1.165) is 36.1 Å². The SMILES string of the molecule is O=C(O)c1oc(-c2ccc3c(c2)CCO3)nc1C1CC1. The largest absolute Gasteiger partial charge is 0.493 e. The molecule has 2 aliphatic rings. The van der Waals surface area contributed by atoms with Crippen LogP contribution in [0.15, 0.2) is 22.6 Å². The Morgan fingerprint density at radius 3 is 2.95 bits per heavy atom. The highest BCUT2D eigenvalue weighted by atomic mass is 16.5. The molecule has 0 atom stereocenters. The molecule has 1 N–H and O–H groups in total. The standard InChI is InChI=1S/C15H13NO4/c17-15(18)13-12(8-1-2-8)16-14(20-13)10-3-4-11-9(7-10)5-6-19-11/h3-4,7-8H,1-2,5-6H2,(H,17,18). The molecule has 5 heteroatoms. The van der Waals surface area contributed by atoms with Crippen LogP contribution in [0.1, 0.15) is 40.6 Å². The number of carboxylic acid groups (broad SMARTS) is 1. The average molecular weight is 271 g/mol. The Hall–Kier alpha value is -2.30. The summed E-state index contributed by atoms with van der Waals surface area (Å²) in [5, 5.41) is 9.20. The van der Waals surface area contributed by atoms with E-state index in [0.29, 0.717) is 18.2 Å². The number of hydrogen-bond donors (Lipinski definition) is 1. The number of ether oxygens (including phenoxy) is 1. The van der Waals surface area contributed by atoms with E-state index in [9.17, 15) is 9.90 Å². The Morgan fingerprint density at radius 2 is 2.20 bits per heavy atom. The van der Waals surface area contributed by atoms with E-state index in [2.05, 4.69) is 4.98 Å². The molecule has 1 saturated carbocycles. The number of aromatic nitrogens is 1. The number of benzene rings is 1.